The highest BCUT2D eigenvalue weighted by Gasteiger charge is 2.16. The summed E-state index contributed by atoms with van der Waals surface area (Å²) in [6.07, 6.45) is 10.8. The molecule has 30 heavy (non-hydrogen) atoms. The molecule has 0 fully saturated rings. The Hall–Kier alpha value is -4.40. The van der Waals surface area contributed by atoms with E-state index in [9.17, 15) is 0 Å². The van der Waals surface area contributed by atoms with Crippen molar-refractivity contribution >= 4 is 21.9 Å². The van der Waals surface area contributed by atoms with Gasteiger partial charge in [-0.3, -0.25) is 20.1 Å². The molecule has 0 atom stereocenters. The van der Waals surface area contributed by atoms with E-state index in [1.807, 2.05) is 42.0 Å². The van der Waals surface area contributed by atoms with Crippen LogP contribution in [0.15, 0.2) is 61.6 Å². The second-order valence-electron chi connectivity index (χ2n) is 6.96. The van der Waals surface area contributed by atoms with Crippen LogP contribution < -0.4 is 0 Å². The van der Waals surface area contributed by atoms with Gasteiger partial charge in [0, 0.05) is 17.8 Å². The fourth-order valence-electron chi connectivity index (χ4n) is 3.52. The summed E-state index contributed by atoms with van der Waals surface area (Å²) in [6.45, 7) is 1.95. The normalized spacial score (nSPS) is 11.5. The van der Waals surface area contributed by atoms with Crippen LogP contribution in [0.4, 0.5) is 0 Å². The van der Waals surface area contributed by atoms with E-state index < -0.39 is 0 Å². The molecule has 0 aliphatic carbocycles. The molecule has 9 nitrogen and oxygen atoms in total. The Bertz CT molecular complexity index is 1510. The molecule has 0 saturated carbocycles. The molecule has 0 unspecified atom stereocenters. The standard InChI is InChI=1S/C21H15N9/c1-12-10-30(11-25-12)18-9-22-7-17-20(18)27-21(26-17)19-13-6-15(14-4-2-3-5-23-14)24-8-16(13)28-29-19/h2-11H,1H3,(H,26,27)(H,28,29). The molecule has 0 saturated heterocycles. The Morgan fingerprint density at radius 2 is 1.93 bits per heavy atom. The Morgan fingerprint density at radius 1 is 0.967 bits per heavy atom. The Balaban J connectivity index is 1.52. The molecule has 0 aliphatic rings. The molecule has 9 heteroatoms. The fourth-order valence-corrected chi connectivity index (χ4v) is 3.52. The van der Waals surface area contributed by atoms with Gasteiger partial charge < -0.3 is 9.55 Å². The number of H-pyrrole nitrogens is 2. The third kappa shape index (κ3) is 2.56. The van der Waals surface area contributed by atoms with Gasteiger partial charge in [-0.05, 0) is 25.1 Å². The van der Waals surface area contributed by atoms with Crippen LogP contribution in [0.25, 0.3) is 50.5 Å². The van der Waals surface area contributed by atoms with E-state index in [-0.39, 0.29) is 0 Å². The summed E-state index contributed by atoms with van der Waals surface area (Å²) in [5.74, 6) is 0.653. The minimum atomic E-state index is 0.653. The number of hydrogen-bond acceptors (Lipinski definition) is 6. The number of aromatic amines is 2. The first-order valence-electron chi connectivity index (χ1n) is 9.37. The summed E-state index contributed by atoms with van der Waals surface area (Å²) < 4.78 is 1.92. The van der Waals surface area contributed by atoms with Crippen molar-refractivity contribution in [1.29, 1.82) is 0 Å². The number of nitrogens with zero attached hydrogens (tertiary/aromatic N) is 7. The van der Waals surface area contributed by atoms with Crippen LogP contribution >= 0.6 is 0 Å². The van der Waals surface area contributed by atoms with Crippen molar-refractivity contribution in [3.63, 3.8) is 0 Å². The lowest BCUT2D eigenvalue weighted by Crippen LogP contribution is -1.92. The van der Waals surface area contributed by atoms with Gasteiger partial charge in [0.15, 0.2) is 5.82 Å². The van der Waals surface area contributed by atoms with Crippen LogP contribution in [0.1, 0.15) is 5.69 Å². The maximum absolute atomic E-state index is 4.83. The zero-order chi connectivity index (χ0) is 20.1. The number of rotatable bonds is 3. The van der Waals surface area contributed by atoms with Crippen molar-refractivity contribution in [3.05, 3.63) is 67.3 Å². The van der Waals surface area contributed by atoms with E-state index in [0.717, 1.165) is 44.7 Å². The van der Waals surface area contributed by atoms with Gasteiger partial charge in [0.25, 0.3) is 0 Å². The Labute approximate surface area is 169 Å². The molecule has 6 aromatic rings. The number of aryl methyl sites for hydroxylation is 1. The van der Waals surface area contributed by atoms with Crippen molar-refractivity contribution < 1.29 is 0 Å². The zero-order valence-corrected chi connectivity index (χ0v) is 15.9. The number of pyridine rings is 3. The number of hydrogen-bond donors (Lipinski definition) is 2. The number of nitrogens with one attached hydrogen (secondary N) is 2. The third-order valence-corrected chi connectivity index (χ3v) is 4.96. The fraction of sp³-hybridized carbons (Fsp3) is 0.0476. The highest BCUT2D eigenvalue weighted by molar-refractivity contribution is 5.95. The largest absolute Gasteiger partial charge is 0.335 e. The van der Waals surface area contributed by atoms with E-state index in [1.165, 1.54) is 0 Å². The number of aromatic nitrogens is 9. The summed E-state index contributed by atoms with van der Waals surface area (Å²) in [6, 6.07) is 7.73. The van der Waals surface area contributed by atoms with Gasteiger partial charge in [-0.1, -0.05) is 6.07 Å². The average Bonchev–Trinajstić information content (AvgIpc) is 3.51. The first-order chi connectivity index (χ1) is 14.8. The Kier molecular flexibility index (Phi) is 3.48. The average molecular weight is 393 g/mol. The first-order valence-corrected chi connectivity index (χ1v) is 9.37. The molecule has 6 rings (SSSR count). The summed E-state index contributed by atoms with van der Waals surface area (Å²) in [5.41, 5.74) is 6.52. The molecular formula is C21H15N9. The molecule has 2 N–H and O–H groups in total. The predicted octanol–water partition coefficient (Wildman–Crippen LogP) is 3.45. The van der Waals surface area contributed by atoms with Gasteiger partial charge in [-0.15, -0.1) is 0 Å². The van der Waals surface area contributed by atoms with Crippen LogP contribution in [-0.2, 0) is 0 Å². The van der Waals surface area contributed by atoms with Crippen LogP contribution in [0, 0.1) is 6.92 Å². The van der Waals surface area contributed by atoms with Crippen LogP contribution in [-0.4, -0.2) is 44.7 Å². The summed E-state index contributed by atoms with van der Waals surface area (Å²) >= 11 is 0. The highest BCUT2D eigenvalue weighted by atomic mass is 15.1. The van der Waals surface area contributed by atoms with Gasteiger partial charge in [-0.2, -0.15) is 5.10 Å². The minimum Gasteiger partial charge on any atom is -0.335 e. The molecule has 0 amide bonds. The maximum Gasteiger partial charge on any atom is 0.159 e. The van der Waals surface area contributed by atoms with E-state index in [0.29, 0.717) is 11.5 Å². The predicted molar refractivity (Wildman–Crippen MR) is 112 cm³/mol. The van der Waals surface area contributed by atoms with E-state index in [2.05, 4.69) is 35.1 Å². The lowest BCUT2D eigenvalue weighted by atomic mass is 10.1. The summed E-state index contributed by atoms with van der Waals surface area (Å²) in [4.78, 5) is 25.7. The van der Waals surface area contributed by atoms with Crippen molar-refractivity contribution in [2.75, 3.05) is 0 Å². The van der Waals surface area contributed by atoms with Gasteiger partial charge in [0.05, 0.1) is 58.7 Å². The second kappa shape index (κ2) is 6.31. The number of fused-ring (bicyclic) bond motifs is 2. The highest BCUT2D eigenvalue weighted by Crippen LogP contribution is 2.29. The molecular weight excluding hydrogens is 378 g/mol. The Morgan fingerprint density at radius 3 is 2.77 bits per heavy atom. The van der Waals surface area contributed by atoms with Crippen molar-refractivity contribution in [2.45, 2.75) is 6.92 Å². The lowest BCUT2D eigenvalue weighted by Gasteiger charge is -2.01. The minimum absolute atomic E-state index is 0.653. The smallest absolute Gasteiger partial charge is 0.159 e. The summed E-state index contributed by atoms with van der Waals surface area (Å²) in [7, 11) is 0. The first kappa shape index (κ1) is 16.5. The van der Waals surface area contributed by atoms with Crippen molar-refractivity contribution in [2.24, 2.45) is 0 Å². The van der Waals surface area contributed by atoms with E-state index >= 15 is 0 Å². The van der Waals surface area contributed by atoms with Crippen molar-refractivity contribution in [3.8, 4) is 28.6 Å². The van der Waals surface area contributed by atoms with Gasteiger partial charge in [-0.25, -0.2) is 9.97 Å². The molecule has 0 aliphatic heterocycles. The zero-order valence-electron chi connectivity index (χ0n) is 15.9. The van der Waals surface area contributed by atoms with Crippen LogP contribution in [0.5, 0.6) is 0 Å². The molecule has 0 spiro atoms. The molecule has 144 valence electrons. The van der Waals surface area contributed by atoms with Crippen LogP contribution in [0.2, 0.25) is 0 Å². The molecule has 6 heterocycles. The molecule has 6 aromatic heterocycles. The van der Waals surface area contributed by atoms with Crippen LogP contribution in [0.3, 0.4) is 0 Å². The molecule has 0 bridgehead atoms. The van der Waals surface area contributed by atoms with E-state index in [1.54, 1.807) is 31.1 Å². The third-order valence-electron chi connectivity index (χ3n) is 4.96. The maximum atomic E-state index is 4.83. The van der Waals surface area contributed by atoms with Gasteiger partial charge >= 0.3 is 0 Å². The van der Waals surface area contributed by atoms with Crippen molar-refractivity contribution in [1.82, 2.24) is 44.7 Å². The molecule has 0 aromatic carbocycles. The van der Waals surface area contributed by atoms with E-state index in [4.69, 9.17) is 4.98 Å². The SMILES string of the molecule is Cc1cn(-c2cncc3[nH]c(-c4n[nH]c5cnc(-c6ccccn6)cc45)nc23)cn1. The van der Waals surface area contributed by atoms with Gasteiger partial charge in [0.2, 0.25) is 0 Å². The quantitative estimate of drug-likeness (QED) is 0.476. The second-order valence-corrected chi connectivity index (χ2v) is 6.96. The monoisotopic (exact) mass is 393 g/mol. The molecule has 0 radical (unpaired) electrons. The summed E-state index contributed by atoms with van der Waals surface area (Å²) in [5, 5.41) is 8.43. The topological polar surface area (TPSA) is 114 Å². The van der Waals surface area contributed by atoms with Gasteiger partial charge in [0.1, 0.15) is 11.2 Å². The lowest BCUT2D eigenvalue weighted by molar-refractivity contribution is 1.05. The number of imidazole rings is 2.